The second-order valence-corrected chi connectivity index (χ2v) is 9.11. The van der Waals surface area contributed by atoms with E-state index < -0.39 is 10.0 Å². The molecule has 0 amide bonds. The van der Waals surface area contributed by atoms with Gasteiger partial charge >= 0.3 is 0 Å². The van der Waals surface area contributed by atoms with Gasteiger partial charge in [0, 0.05) is 43.0 Å². The molecule has 1 saturated heterocycles. The zero-order valence-corrected chi connectivity index (χ0v) is 19.6. The van der Waals surface area contributed by atoms with Crippen LogP contribution in [0.3, 0.4) is 0 Å². The largest absolute Gasteiger partial charge is 0.330 e. The molecule has 0 radical (unpaired) electrons. The summed E-state index contributed by atoms with van der Waals surface area (Å²) >= 11 is 1.59. The number of nitrogens with one attached hydrogen (secondary N) is 1. The van der Waals surface area contributed by atoms with E-state index in [-0.39, 0.29) is 43.3 Å². The van der Waals surface area contributed by atoms with Crippen molar-refractivity contribution in [2.24, 2.45) is 5.73 Å². The van der Waals surface area contributed by atoms with Crippen molar-refractivity contribution in [3.05, 3.63) is 30.5 Å². The minimum atomic E-state index is -3.51. The molecule has 2 heterocycles. The summed E-state index contributed by atoms with van der Waals surface area (Å²) < 4.78 is 27.8. The molecule has 3 N–H and O–H groups in total. The molecule has 0 unspecified atom stereocenters. The van der Waals surface area contributed by atoms with Crippen molar-refractivity contribution in [3.63, 3.8) is 0 Å². The summed E-state index contributed by atoms with van der Waals surface area (Å²) in [5.74, 6) is 0.782. The van der Waals surface area contributed by atoms with Crippen LogP contribution in [0.25, 0.3) is 10.8 Å². The third-order valence-corrected chi connectivity index (χ3v) is 7.45. The number of thioether (sulfide) groups is 1. The average Bonchev–Trinajstić information content (AvgIpc) is 2.84. The Kier molecular flexibility index (Phi) is 12.3. The van der Waals surface area contributed by atoms with Crippen LogP contribution in [0.1, 0.15) is 13.3 Å². The van der Waals surface area contributed by atoms with E-state index in [4.69, 9.17) is 5.73 Å². The first-order valence-corrected chi connectivity index (χ1v) is 10.9. The second kappa shape index (κ2) is 12.4. The van der Waals surface area contributed by atoms with Crippen molar-refractivity contribution in [1.29, 1.82) is 0 Å². The van der Waals surface area contributed by atoms with Gasteiger partial charge in [0.15, 0.2) is 0 Å². The van der Waals surface area contributed by atoms with Crippen LogP contribution < -0.4 is 11.1 Å². The molecule has 28 heavy (non-hydrogen) atoms. The van der Waals surface area contributed by atoms with Crippen LogP contribution in [-0.4, -0.2) is 55.7 Å². The minimum absolute atomic E-state index is 0. The highest BCUT2D eigenvalue weighted by molar-refractivity contribution is 7.99. The highest BCUT2D eigenvalue weighted by atomic mass is 35.5. The maximum atomic E-state index is 13.1. The number of halogens is 3. The van der Waals surface area contributed by atoms with Crippen LogP contribution in [0.5, 0.6) is 0 Å². The summed E-state index contributed by atoms with van der Waals surface area (Å²) in [6.45, 7) is 4.57. The quantitative estimate of drug-likeness (QED) is 0.628. The highest BCUT2D eigenvalue weighted by Gasteiger charge is 2.30. The zero-order chi connectivity index (χ0) is 17.9. The predicted octanol–water partition coefficient (Wildman–Crippen LogP) is 2.92. The normalized spacial score (nSPS) is 17.7. The van der Waals surface area contributed by atoms with Crippen LogP contribution >= 0.6 is 49.0 Å². The molecule has 0 saturated carbocycles. The molecule has 1 aliphatic heterocycles. The number of rotatable bonds is 5. The van der Waals surface area contributed by atoms with E-state index in [1.807, 2.05) is 19.1 Å². The van der Waals surface area contributed by atoms with Crippen molar-refractivity contribution in [2.75, 3.05) is 31.9 Å². The topological polar surface area (TPSA) is 88.3 Å². The Balaban J connectivity index is 0.00000243. The first kappa shape index (κ1) is 27.7. The van der Waals surface area contributed by atoms with Crippen LogP contribution in [-0.2, 0) is 10.0 Å². The molecule has 160 valence electrons. The number of hydrogen-bond donors (Lipinski definition) is 2. The van der Waals surface area contributed by atoms with Crippen molar-refractivity contribution in [3.8, 4) is 0 Å². The molecular weight excluding hydrogens is 463 g/mol. The number of nitrogens with zero attached hydrogens (tertiary/aromatic N) is 2. The Morgan fingerprint density at radius 2 is 2.00 bits per heavy atom. The van der Waals surface area contributed by atoms with Crippen LogP contribution in [0.2, 0.25) is 0 Å². The first-order valence-electron chi connectivity index (χ1n) is 8.48. The van der Waals surface area contributed by atoms with Gasteiger partial charge in [-0.25, -0.2) is 13.4 Å². The molecule has 6 nitrogen and oxygen atoms in total. The zero-order valence-electron chi connectivity index (χ0n) is 15.5. The van der Waals surface area contributed by atoms with Gasteiger partial charge in [0.1, 0.15) is 5.03 Å². The molecule has 0 aliphatic carbocycles. The summed E-state index contributed by atoms with van der Waals surface area (Å²) in [7, 11) is -3.51. The third-order valence-electron chi connectivity index (χ3n) is 4.40. The summed E-state index contributed by atoms with van der Waals surface area (Å²) in [6.07, 6.45) is 2.53. The summed E-state index contributed by atoms with van der Waals surface area (Å²) in [6, 6.07) is 7.15. The van der Waals surface area contributed by atoms with Gasteiger partial charge in [0.25, 0.3) is 0 Å². The summed E-state index contributed by atoms with van der Waals surface area (Å²) in [5.41, 5.74) is 5.57. The SMILES string of the molecule is C[C@@H]1CCNCCN1S(=O)(=O)c1ccc2c(SCCN)nccc2c1.Cl.Cl.Cl. The number of pyridine rings is 1. The Morgan fingerprint density at radius 1 is 1.25 bits per heavy atom. The molecule has 1 fully saturated rings. The smallest absolute Gasteiger partial charge is 0.243 e. The number of aromatic nitrogens is 1. The lowest BCUT2D eigenvalue weighted by Gasteiger charge is -2.26. The predicted molar refractivity (Wildman–Crippen MR) is 124 cm³/mol. The van der Waals surface area contributed by atoms with E-state index in [2.05, 4.69) is 10.3 Å². The molecule has 2 aromatic rings. The van der Waals surface area contributed by atoms with Gasteiger partial charge in [-0.05, 0) is 43.5 Å². The number of sulfonamides is 1. The van der Waals surface area contributed by atoms with E-state index in [0.29, 0.717) is 24.5 Å². The Hall–Kier alpha value is -0.320. The summed E-state index contributed by atoms with van der Waals surface area (Å²) in [5, 5.41) is 6.00. The van der Waals surface area contributed by atoms with Gasteiger partial charge in [0.05, 0.1) is 4.90 Å². The molecular formula is C17H27Cl3N4O2S2. The third kappa shape index (κ3) is 6.09. The highest BCUT2D eigenvalue weighted by Crippen LogP contribution is 2.29. The van der Waals surface area contributed by atoms with Gasteiger partial charge < -0.3 is 11.1 Å². The lowest BCUT2D eigenvalue weighted by Crippen LogP contribution is -2.39. The van der Waals surface area contributed by atoms with Crippen molar-refractivity contribution in [1.82, 2.24) is 14.6 Å². The van der Waals surface area contributed by atoms with Gasteiger partial charge in [-0.1, -0.05) is 6.07 Å². The summed E-state index contributed by atoms with van der Waals surface area (Å²) in [4.78, 5) is 4.73. The lowest BCUT2D eigenvalue weighted by molar-refractivity contribution is 0.350. The average molecular weight is 490 g/mol. The van der Waals surface area contributed by atoms with E-state index in [1.54, 1.807) is 34.4 Å². The molecule has 1 atom stereocenters. The fourth-order valence-corrected chi connectivity index (χ4v) is 5.53. The van der Waals surface area contributed by atoms with E-state index in [1.165, 1.54) is 0 Å². The number of nitrogens with two attached hydrogens (primary N) is 1. The van der Waals surface area contributed by atoms with Crippen LogP contribution in [0.4, 0.5) is 0 Å². The number of benzene rings is 1. The van der Waals surface area contributed by atoms with Crippen molar-refractivity contribution in [2.45, 2.75) is 29.3 Å². The van der Waals surface area contributed by atoms with E-state index in [0.717, 1.165) is 34.5 Å². The number of hydrogen-bond acceptors (Lipinski definition) is 6. The molecule has 0 spiro atoms. The van der Waals surface area contributed by atoms with Gasteiger partial charge in [-0.2, -0.15) is 4.31 Å². The molecule has 1 aliphatic rings. The van der Waals surface area contributed by atoms with Crippen molar-refractivity contribution < 1.29 is 8.42 Å². The van der Waals surface area contributed by atoms with E-state index in [9.17, 15) is 8.42 Å². The van der Waals surface area contributed by atoms with Crippen LogP contribution in [0, 0.1) is 0 Å². The van der Waals surface area contributed by atoms with Gasteiger partial charge in [-0.15, -0.1) is 49.0 Å². The molecule has 1 aromatic carbocycles. The Bertz CT molecular complexity index is 855. The number of fused-ring (bicyclic) bond motifs is 1. The second-order valence-electron chi connectivity index (χ2n) is 6.14. The fourth-order valence-electron chi connectivity index (χ4n) is 3.04. The Labute approximate surface area is 189 Å². The minimum Gasteiger partial charge on any atom is -0.330 e. The van der Waals surface area contributed by atoms with E-state index >= 15 is 0 Å². The maximum absolute atomic E-state index is 13.1. The molecule has 1 aromatic heterocycles. The monoisotopic (exact) mass is 488 g/mol. The molecule has 11 heteroatoms. The van der Waals surface area contributed by atoms with Gasteiger partial charge in [0.2, 0.25) is 10.0 Å². The fraction of sp³-hybridized carbons (Fsp3) is 0.471. The van der Waals surface area contributed by atoms with Gasteiger partial charge in [-0.3, -0.25) is 0 Å². The molecule has 0 bridgehead atoms. The Morgan fingerprint density at radius 3 is 2.71 bits per heavy atom. The van der Waals surface area contributed by atoms with Crippen molar-refractivity contribution >= 4 is 69.8 Å². The molecule has 3 rings (SSSR count). The maximum Gasteiger partial charge on any atom is 0.243 e. The standard InChI is InChI=1S/C17H24N4O2S2.3ClH/c1-13-4-7-19-9-10-21(13)25(22,23)15-2-3-16-14(12-15)5-8-20-17(16)24-11-6-18;;;/h2-3,5,8,12-13,19H,4,6-7,9-11,18H2,1H3;3*1H/t13-;;;/m1.../s1. The first-order chi connectivity index (χ1) is 12.0. The van der Waals surface area contributed by atoms with Crippen LogP contribution in [0.15, 0.2) is 40.4 Å². The lowest BCUT2D eigenvalue weighted by atomic mass is 10.2.